The fourth-order valence-corrected chi connectivity index (χ4v) is 1.86. The standard InChI is InChI=1S/C10H18N4O4/c11-7(5-8(12)15)10(18)14-3-1-13(2-4-14)6-9(16)17/h7H,1-6,11H2,(H2,12,15)(H,16,17). The van der Waals surface area contributed by atoms with Crippen molar-refractivity contribution in [1.82, 2.24) is 9.80 Å². The molecular weight excluding hydrogens is 240 g/mol. The third-order valence-electron chi connectivity index (χ3n) is 2.78. The summed E-state index contributed by atoms with van der Waals surface area (Å²) in [5, 5.41) is 8.63. The van der Waals surface area contributed by atoms with Crippen LogP contribution in [0, 0.1) is 0 Å². The third kappa shape index (κ3) is 4.30. The predicted molar refractivity (Wildman–Crippen MR) is 62.4 cm³/mol. The molecule has 5 N–H and O–H groups in total. The van der Waals surface area contributed by atoms with Gasteiger partial charge in [0.15, 0.2) is 0 Å². The molecule has 1 fully saturated rings. The van der Waals surface area contributed by atoms with Crippen molar-refractivity contribution in [2.45, 2.75) is 12.5 Å². The highest BCUT2D eigenvalue weighted by Crippen LogP contribution is 2.04. The van der Waals surface area contributed by atoms with Crippen LogP contribution in [-0.2, 0) is 14.4 Å². The van der Waals surface area contributed by atoms with Crippen LogP contribution in [0.15, 0.2) is 0 Å². The van der Waals surface area contributed by atoms with Crippen LogP contribution in [0.25, 0.3) is 0 Å². The minimum atomic E-state index is -0.909. The normalized spacial score (nSPS) is 18.4. The van der Waals surface area contributed by atoms with Crippen LogP contribution in [0.1, 0.15) is 6.42 Å². The Morgan fingerprint density at radius 2 is 1.72 bits per heavy atom. The van der Waals surface area contributed by atoms with Gasteiger partial charge >= 0.3 is 5.97 Å². The van der Waals surface area contributed by atoms with Gasteiger partial charge in [0.2, 0.25) is 11.8 Å². The predicted octanol–water partition coefficient (Wildman–Crippen LogP) is -2.58. The summed E-state index contributed by atoms with van der Waals surface area (Å²) in [5.41, 5.74) is 10.5. The first-order chi connectivity index (χ1) is 8.40. The molecule has 1 unspecified atom stereocenters. The minimum absolute atomic E-state index is 0.0324. The second-order valence-electron chi connectivity index (χ2n) is 4.27. The second-order valence-corrected chi connectivity index (χ2v) is 4.27. The molecule has 0 radical (unpaired) electrons. The van der Waals surface area contributed by atoms with Crippen LogP contribution in [-0.4, -0.2) is 71.5 Å². The van der Waals surface area contributed by atoms with Crippen molar-refractivity contribution in [2.24, 2.45) is 11.5 Å². The molecule has 0 saturated carbocycles. The monoisotopic (exact) mass is 258 g/mol. The van der Waals surface area contributed by atoms with E-state index in [0.717, 1.165) is 0 Å². The number of carbonyl (C=O) groups is 3. The Labute approximate surface area is 104 Å². The summed E-state index contributed by atoms with van der Waals surface area (Å²) in [6, 6.07) is -0.909. The van der Waals surface area contributed by atoms with E-state index in [1.807, 2.05) is 0 Å². The highest BCUT2D eigenvalue weighted by molar-refractivity contribution is 5.87. The van der Waals surface area contributed by atoms with Gasteiger partial charge in [-0.1, -0.05) is 0 Å². The molecule has 1 atom stereocenters. The second kappa shape index (κ2) is 6.31. The van der Waals surface area contributed by atoms with Crippen molar-refractivity contribution in [2.75, 3.05) is 32.7 Å². The van der Waals surface area contributed by atoms with Crippen molar-refractivity contribution >= 4 is 17.8 Å². The molecule has 102 valence electrons. The maximum Gasteiger partial charge on any atom is 0.317 e. The minimum Gasteiger partial charge on any atom is -0.480 e. The lowest BCUT2D eigenvalue weighted by Gasteiger charge is -2.34. The number of hydrogen-bond acceptors (Lipinski definition) is 5. The Balaban J connectivity index is 2.40. The maximum atomic E-state index is 11.8. The zero-order valence-electron chi connectivity index (χ0n) is 10.0. The molecule has 1 aliphatic heterocycles. The van der Waals surface area contributed by atoms with E-state index < -0.39 is 17.9 Å². The van der Waals surface area contributed by atoms with E-state index in [4.69, 9.17) is 16.6 Å². The van der Waals surface area contributed by atoms with Crippen LogP contribution in [0.4, 0.5) is 0 Å². The van der Waals surface area contributed by atoms with Crippen LogP contribution in [0.5, 0.6) is 0 Å². The number of rotatable bonds is 5. The highest BCUT2D eigenvalue weighted by Gasteiger charge is 2.26. The van der Waals surface area contributed by atoms with Crippen LogP contribution in [0.3, 0.4) is 0 Å². The largest absolute Gasteiger partial charge is 0.480 e. The average molecular weight is 258 g/mol. The van der Waals surface area contributed by atoms with Crippen molar-refractivity contribution < 1.29 is 19.5 Å². The Kier molecular flexibility index (Phi) is 5.05. The van der Waals surface area contributed by atoms with Gasteiger partial charge in [0.25, 0.3) is 0 Å². The van der Waals surface area contributed by atoms with Crippen LogP contribution >= 0.6 is 0 Å². The van der Waals surface area contributed by atoms with Gasteiger partial charge in [-0.15, -0.1) is 0 Å². The molecule has 0 bridgehead atoms. The molecule has 8 nitrogen and oxygen atoms in total. The smallest absolute Gasteiger partial charge is 0.317 e. The molecule has 1 heterocycles. The van der Waals surface area contributed by atoms with E-state index in [1.54, 1.807) is 4.90 Å². The number of carboxylic acid groups (broad SMARTS) is 1. The van der Waals surface area contributed by atoms with Gasteiger partial charge in [-0.3, -0.25) is 19.3 Å². The summed E-state index contributed by atoms with van der Waals surface area (Å²) in [5.74, 6) is -1.82. The first-order valence-corrected chi connectivity index (χ1v) is 5.67. The molecule has 0 aliphatic carbocycles. The number of hydrogen-bond donors (Lipinski definition) is 3. The number of aliphatic carboxylic acids is 1. The number of piperazine rings is 1. The lowest BCUT2D eigenvalue weighted by Crippen LogP contribution is -2.54. The molecule has 0 spiro atoms. The lowest BCUT2D eigenvalue weighted by atomic mass is 10.1. The highest BCUT2D eigenvalue weighted by atomic mass is 16.4. The summed E-state index contributed by atoms with van der Waals surface area (Å²) >= 11 is 0. The van der Waals surface area contributed by atoms with E-state index in [1.165, 1.54) is 4.90 Å². The third-order valence-corrected chi connectivity index (χ3v) is 2.78. The first kappa shape index (κ1) is 14.4. The molecule has 1 saturated heterocycles. The van der Waals surface area contributed by atoms with Gasteiger partial charge in [0.1, 0.15) is 0 Å². The van der Waals surface area contributed by atoms with Gasteiger partial charge in [-0.25, -0.2) is 0 Å². The van der Waals surface area contributed by atoms with Crippen LogP contribution in [0.2, 0.25) is 0 Å². The zero-order valence-corrected chi connectivity index (χ0v) is 10.0. The van der Waals surface area contributed by atoms with Crippen LogP contribution < -0.4 is 11.5 Å². The fraction of sp³-hybridized carbons (Fsp3) is 0.700. The van der Waals surface area contributed by atoms with Crippen molar-refractivity contribution in [3.8, 4) is 0 Å². The van der Waals surface area contributed by atoms with Crippen molar-refractivity contribution in [1.29, 1.82) is 0 Å². The summed E-state index contributed by atoms with van der Waals surface area (Å²) in [4.78, 5) is 36.3. The number of nitrogens with two attached hydrogens (primary N) is 2. The quantitative estimate of drug-likeness (QED) is 0.496. The van der Waals surface area contributed by atoms with Gasteiger partial charge in [0, 0.05) is 26.2 Å². The lowest BCUT2D eigenvalue weighted by molar-refractivity contribution is -0.140. The van der Waals surface area contributed by atoms with Gasteiger partial charge in [-0.05, 0) is 0 Å². The van der Waals surface area contributed by atoms with Gasteiger partial charge in [-0.2, -0.15) is 0 Å². The SMILES string of the molecule is NC(=O)CC(N)C(=O)N1CCN(CC(=O)O)CC1. The average Bonchev–Trinajstić information content (AvgIpc) is 2.27. The number of primary amides is 1. The number of amides is 2. The topological polar surface area (TPSA) is 130 Å². The van der Waals surface area contributed by atoms with E-state index >= 15 is 0 Å². The van der Waals surface area contributed by atoms with E-state index in [-0.39, 0.29) is 18.9 Å². The molecule has 18 heavy (non-hydrogen) atoms. The molecule has 0 aromatic carbocycles. The molecule has 1 rings (SSSR count). The molecular formula is C10H18N4O4. The molecule has 8 heteroatoms. The van der Waals surface area contributed by atoms with Gasteiger partial charge in [0.05, 0.1) is 19.0 Å². The Morgan fingerprint density at radius 1 is 1.17 bits per heavy atom. The first-order valence-electron chi connectivity index (χ1n) is 5.67. The van der Waals surface area contributed by atoms with E-state index in [9.17, 15) is 14.4 Å². The fourth-order valence-electron chi connectivity index (χ4n) is 1.86. The summed E-state index contributed by atoms with van der Waals surface area (Å²) in [6.07, 6.45) is -0.172. The zero-order chi connectivity index (χ0) is 13.7. The number of carboxylic acids is 1. The van der Waals surface area contributed by atoms with Gasteiger partial charge < -0.3 is 21.5 Å². The Bertz CT molecular complexity index is 339. The summed E-state index contributed by atoms with van der Waals surface area (Å²) in [7, 11) is 0. The van der Waals surface area contributed by atoms with E-state index in [0.29, 0.717) is 26.2 Å². The Hall–Kier alpha value is -1.67. The molecule has 1 aliphatic rings. The number of nitrogens with zero attached hydrogens (tertiary/aromatic N) is 2. The van der Waals surface area contributed by atoms with Crippen molar-refractivity contribution in [3.63, 3.8) is 0 Å². The molecule has 2 amide bonds. The Morgan fingerprint density at radius 3 is 2.17 bits per heavy atom. The summed E-state index contributed by atoms with van der Waals surface area (Å²) in [6.45, 7) is 1.77. The molecule has 0 aromatic heterocycles. The van der Waals surface area contributed by atoms with Crippen molar-refractivity contribution in [3.05, 3.63) is 0 Å². The number of carbonyl (C=O) groups excluding carboxylic acids is 2. The molecule has 0 aromatic rings. The maximum absolute atomic E-state index is 11.8. The summed E-state index contributed by atoms with van der Waals surface area (Å²) < 4.78 is 0. The van der Waals surface area contributed by atoms with E-state index in [2.05, 4.69) is 0 Å².